The highest BCUT2D eigenvalue weighted by Crippen LogP contribution is 2.28. The van der Waals surface area contributed by atoms with Gasteiger partial charge >= 0.3 is 5.97 Å². The molecular weight excluding hydrogens is 378 g/mol. The first-order valence-corrected chi connectivity index (χ1v) is 9.41. The van der Waals surface area contributed by atoms with Crippen molar-refractivity contribution in [3.8, 4) is 5.75 Å². The minimum Gasteiger partial charge on any atom is -0.495 e. The average Bonchev–Trinajstić information content (AvgIpc) is 2.61. The fourth-order valence-electron chi connectivity index (χ4n) is 2.22. The second-order valence-electron chi connectivity index (χ2n) is 5.51. The van der Waals surface area contributed by atoms with E-state index in [-0.39, 0.29) is 11.3 Å². The Bertz CT molecular complexity index is 855. The molecule has 138 valence electrons. The Kier molecular flexibility index (Phi) is 6.76. The number of ether oxygens (including phenoxy) is 1. The van der Waals surface area contributed by atoms with Crippen molar-refractivity contribution in [2.24, 2.45) is 0 Å². The topological polar surface area (TPSA) is 92.7 Å². The van der Waals surface area contributed by atoms with Gasteiger partial charge in [0.05, 0.1) is 18.4 Å². The van der Waals surface area contributed by atoms with Crippen LogP contribution in [-0.4, -0.2) is 33.6 Å². The summed E-state index contributed by atoms with van der Waals surface area (Å²) in [4.78, 5) is 23.4. The third-order valence-corrected chi connectivity index (χ3v) is 5.52. The third-order valence-electron chi connectivity index (χ3n) is 3.67. The van der Waals surface area contributed by atoms with E-state index >= 15 is 0 Å². The van der Waals surface area contributed by atoms with Gasteiger partial charge in [0.15, 0.2) is 0 Å². The van der Waals surface area contributed by atoms with Gasteiger partial charge in [-0.1, -0.05) is 23.7 Å². The summed E-state index contributed by atoms with van der Waals surface area (Å²) < 4.78 is 17.7. The van der Waals surface area contributed by atoms with E-state index in [0.29, 0.717) is 22.0 Å². The lowest BCUT2D eigenvalue weighted by atomic mass is 10.1. The molecule has 0 fully saturated rings. The number of halogens is 1. The molecule has 0 heterocycles. The molecule has 0 saturated heterocycles. The fourth-order valence-corrected chi connectivity index (χ4v) is 3.44. The summed E-state index contributed by atoms with van der Waals surface area (Å²) >= 11 is 5.93. The lowest BCUT2D eigenvalue weighted by molar-refractivity contribution is -0.115. The van der Waals surface area contributed by atoms with Crippen molar-refractivity contribution < 1.29 is 23.6 Å². The van der Waals surface area contributed by atoms with Crippen molar-refractivity contribution in [2.75, 3.05) is 12.4 Å². The summed E-state index contributed by atoms with van der Waals surface area (Å²) in [5, 5.41) is 11.3. The number of anilines is 1. The SMILES string of the molecule is COc1ccc(Cl)cc1NC(=O)C(C)S(=O)Cc1cccc(C(=O)O)c1. The number of rotatable bonds is 7. The second-order valence-corrected chi connectivity index (χ2v) is 7.70. The molecule has 8 heteroatoms. The number of carboxylic acids is 1. The number of amides is 1. The molecule has 2 rings (SSSR count). The van der Waals surface area contributed by atoms with Gasteiger partial charge in [0.2, 0.25) is 5.91 Å². The second kappa shape index (κ2) is 8.82. The number of aromatic carboxylic acids is 1. The first kappa shape index (κ1) is 19.9. The molecule has 2 aromatic carbocycles. The molecule has 0 aromatic heterocycles. The molecule has 2 aromatic rings. The molecule has 0 saturated carbocycles. The molecule has 2 atom stereocenters. The van der Waals surface area contributed by atoms with Crippen molar-refractivity contribution in [1.82, 2.24) is 0 Å². The molecule has 1 amide bonds. The summed E-state index contributed by atoms with van der Waals surface area (Å²) in [7, 11) is -0.0655. The normalized spacial score (nSPS) is 12.9. The zero-order valence-electron chi connectivity index (χ0n) is 14.2. The van der Waals surface area contributed by atoms with Crippen LogP contribution in [0.15, 0.2) is 42.5 Å². The Labute approximate surface area is 158 Å². The summed E-state index contributed by atoms with van der Waals surface area (Å²) in [5.74, 6) is -0.993. The summed E-state index contributed by atoms with van der Waals surface area (Å²) in [6.45, 7) is 1.55. The van der Waals surface area contributed by atoms with Crippen LogP contribution in [0.5, 0.6) is 5.75 Å². The Morgan fingerprint density at radius 3 is 2.65 bits per heavy atom. The van der Waals surface area contributed by atoms with Crippen LogP contribution in [0.1, 0.15) is 22.8 Å². The predicted octanol–water partition coefficient (Wildman–Crippen LogP) is 3.32. The van der Waals surface area contributed by atoms with Crippen LogP contribution in [0.3, 0.4) is 0 Å². The van der Waals surface area contributed by atoms with Crippen LogP contribution in [0.2, 0.25) is 5.02 Å². The summed E-state index contributed by atoms with van der Waals surface area (Å²) in [6, 6.07) is 11.0. The van der Waals surface area contributed by atoms with Crippen LogP contribution in [0.4, 0.5) is 5.69 Å². The standard InChI is InChI=1S/C18H18ClNO5S/c1-11(17(21)20-15-9-14(19)6-7-16(15)25-2)26(24)10-12-4-3-5-13(8-12)18(22)23/h3-9,11H,10H2,1-2H3,(H,20,21)(H,22,23). The van der Waals surface area contributed by atoms with Crippen molar-refractivity contribution in [3.63, 3.8) is 0 Å². The maximum Gasteiger partial charge on any atom is 0.335 e. The molecule has 2 N–H and O–H groups in total. The molecule has 0 aliphatic carbocycles. The number of hydrogen-bond acceptors (Lipinski definition) is 4. The lowest BCUT2D eigenvalue weighted by Gasteiger charge is -2.15. The number of carbonyl (C=O) groups is 2. The Morgan fingerprint density at radius 2 is 2.00 bits per heavy atom. The van der Waals surface area contributed by atoms with E-state index in [1.807, 2.05) is 0 Å². The molecule has 6 nitrogen and oxygen atoms in total. The molecular formula is C18H18ClNO5S. The van der Waals surface area contributed by atoms with Crippen molar-refractivity contribution >= 4 is 40.0 Å². The molecule has 26 heavy (non-hydrogen) atoms. The number of carbonyl (C=O) groups excluding carboxylic acids is 1. The van der Waals surface area contributed by atoms with E-state index in [1.165, 1.54) is 19.2 Å². The highest BCUT2D eigenvalue weighted by atomic mass is 35.5. The van der Waals surface area contributed by atoms with Gasteiger partial charge in [-0.05, 0) is 42.8 Å². The van der Waals surface area contributed by atoms with Gasteiger partial charge in [0.25, 0.3) is 0 Å². The molecule has 2 unspecified atom stereocenters. The zero-order valence-corrected chi connectivity index (χ0v) is 15.8. The fraction of sp³-hybridized carbons (Fsp3) is 0.222. The predicted molar refractivity (Wildman–Crippen MR) is 101 cm³/mol. The minimum atomic E-state index is -1.53. The van der Waals surface area contributed by atoms with Crippen LogP contribution in [0.25, 0.3) is 0 Å². The van der Waals surface area contributed by atoms with E-state index in [2.05, 4.69) is 5.32 Å². The van der Waals surface area contributed by atoms with Gasteiger partial charge in [-0.3, -0.25) is 9.00 Å². The quantitative estimate of drug-likeness (QED) is 0.750. The third kappa shape index (κ3) is 5.06. The monoisotopic (exact) mass is 395 g/mol. The van der Waals surface area contributed by atoms with Crippen LogP contribution in [-0.2, 0) is 21.3 Å². The van der Waals surface area contributed by atoms with Gasteiger partial charge in [-0.25, -0.2) is 4.79 Å². The van der Waals surface area contributed by atoms with E-state index in [4.69, 9.17) is 21.4 Å². The molecule has 0 spiro atoms. The van der Waals surface area contributed by atoms with Crippen LogP contribution >= 0.6 is 11.6 Å². The van der Waals surface area contributed by atoms with Crippen molar-refractivity contribution in [2.45, 2.75) is 17.9 Å². The van der Waals surface area contributed by atoms with Gasteiger partial charge in [-0.2, -0.15) is 0 Å². The highest BCUT2D eigenvalue weighted by molar-refractivity contribution is 7.85. The first-order chi connectivity index (χ1) is 12.3. The Hall–Kier alpha value is -2.38. The van der Waals surface area contributed by atoms with Gasteiger partial charge in [0.1, 0.15) is 11.0 Å². The van der Waals surface area contributed by atoms with Crippen LogP contribution < -0.4 is 10.1 Å². The maximum atomic E-state index is 12.5. The van der Waals surface area contributed by atoms with Gasteiger partial charge < -0.3 is 15.2 Å². The van der Waals surface area contributed by atoms with Gasteiger partial charge in [0, 0.05) is 21.6 Å². The number of nitrogens with one attached hydrogen (secondary N) is 1. The molecule has 0 radical (unpaired) electrons. The molecule has 0 bridgehead atoms. The number of hydrogen-bond donors (Lipinski definition) is 2. The minimum absolute atomic E-state index is 0.0718. The van der Waals surface area contributed by atoms with E-state index < -0.39 is 27.9 Å². The number of methoxy groups -OCH3 is 1. The maximum absolute atomic E-state index is 12.5. The van der Waals surface area contributed by atoms with E-state index in [0.717, 1.165) is 0 Å². The van der Waals surface area contributed by atoms with Gasteiger partial charge in [-0.15, -0.1) is 0 Å². The summed E-state index contributed by atoms with van der Waals surface area (Å²) in [5.41, 5.74) is 1.09. The van der Waals surface area contributed by atoms with E-state index in [9.17, 15) is 13.8 Å². The Balaban J connectivity index is 2.08. The zero-order chi connectivity index (χ0) is 19.3. The van der Waals surface area contributed by atoms with Crippen molar-refractivity contribution in [3.05, 3.63) is 58.6 Å². The van der Waals surface area contributed by atoms with Crippen molar-refractivity contribution in [1.29, 1.82) is 0 Å². The average molecular weight is 396 g/mol. The smallest absolute Gasteiger partial charge is 0.335 e. The largest absolute Gasteiger partial charge is 0.495 e. The first-order valence-electron chi connectivity index (χ1n) is 7.65. The summed E-state index contributed by atoms with van der Waals surface area (Å²) in [6.07, 6.45) is 0. The lowest BCUT2D eigenvalue weighted by Crippen LogP contribution is -2.30. The molecule has 0 aliphatic rings. The number of benzene rings is 2. The van der Waals surface area contributed by atoms with E-state index in [1.54, 1.807) is 37.3 Å². The highest BCUT2D eigenvalue weighted by Gasteiger charge is 2.22. The number of carboxylic acid groups (broad SMARTS) is 1. The molecule has 0 aliphatic heterocycles. The Morgan fingerprint density at radius 1 is 1.27 bits per heavy atom. The van der Waals surface area contributed by atoms with Crippen LogP contribution in [0, 0.1) is 0 Å².